The van der Waals surface area contributed by atoms with Gasteiger partial charge in [-0.15, -0.1) is 0 Å². The molecule has 0 N–H and O–H groups in total. The smallest absolute Gasteiger partial charge is 0.306 e. The average Bonchev–Trinajstić information content (AvgIpc) is 3.27. The Morgan fingerprint density at radius 2 is 0.603 bits per heavy atom. The van der Waals surface area contributed by atoms with Crippen LogP contribution in [-0.4, -0.2) is 37.2 Å². The second kappa shape index (κ2) is 49.8. The number of unbranched alkanes of at least 4 members (excludes halogenated alkanes) is 35. The Bertz CT molecular complexity index is 964. The second-order valence-corrected chi connectivity index (χ2v) is 20.3. The zero-order valence-electron chi connectivity index (χ0n) is 43.2. The molecule has 1 unspecified atom stereocenters. The van der Waals surface area contributed by atoms with Crippen LogP contribution < -0.4 is 0 Å². The van der Waals surface area contributed by atoms with Gasteiger partial charge >= 0.3 is 17.9 Å². The SMILES string of the molecule is CCCCCCCCCCCCCCCCC(=O)OC[C@H](COC(=O)CCCCCCCCCCC(C)CC)OC(=O)CCCCCCCCCCCCCCCCCCC(C)C. The van der Waals surface area contributed by atoms with Crippen molar-refractivity contribution in [3.05, 3.63) is 0 Å². The fourth-order valence-electron chi connectivity index (χ4n) is 8.66. The van der Waals surface area contributed by atoms with Crippen LogP contribution in [0, 0.1) is 11.8 Å². The van der Waals surface area contributed by atoms with Crippen molar-refractivity contribution >= 4 is 17.9 Å². The molecule has 0 aliphatic heterocycles. The maximum atomic E-state index is 12.8. The summed E-state index contributed by atoms with van der Waals surface area (Å²) in [6, 6.07) is 0. The molecule has 374 valence electrons. The lowest BCUT2D eigenvalue weighted by atomic mass is 9.99. The molecule has 0 radical (unpaired) electrons. The normalized spacial score (nSPS) is 12.5. The Hall–Kier alpha value is -1.59. The summed E-state index contributed by atoms with van der Waals surface area (Å²) < 4.78 is 16.9. The summed E-state index contributed by atoms with van der Waals surface area (Å²) in [5, 5.41) is 0. The molecule has 0 aromatic carbocycles. The van der Waals surface area contributed by atoms with Crippen molar-refractivity contribution < 1.29 is 28.6 Å². The Kier molecular flexibility index (Phi) is 48.6. The molecule has 0 rings (SSSR count). The number of carbonyl (C=O) groups excluding carboxylic acids is 3. The van der Waals surface area contributed by atoms with Crippen LogP contribution in [-0.2, 0) is 28.6 Å². The van der Waals surface area contributed by atoms with Gasteiger partial charge in [0.05, 0.1) is 0 Å². The third-order valence-corrected chi connectivity index (χ3v) is 13.3. The molecule has 0 aromatic rings. The van der Waals surface area contributed by atoms with Crippen molar-refractivity contribution in [3.8, 4) is 0 Å². The molecule has 0 spiro atoms. The molecular formula is C57H110O6. The molecule has 63 heavy (non-hydrogen) atoms. The fourth-order valence-corrected chi connectivity index (χ4v) is 8.66. The van der Waals surface area contributed by atoms with E-state index < -0.39 is 6.10 Å². The lowest BCUT2D eigenvalue weighted by molar-refractivity contribution is -0.167. The highest BCUT2D eigenvalue weighted by molar-refractivity contribution is 5.71. The van der Waals surface area contributed by atoms with Gasteiger partial charge in [-0.25, -0.2) is 0 Å². The first-order valence-corrected chi connectivity index (χ1v) is 28.3. The molecule has 0 fully saturated rings. The minimum atomic E-state index is -0.762. The van der Waals surface area contributed by atoms with Crippen LogP contribution >= 0.6 is 0 Å². The molecule has 0 aliphatic rings. The van der Waals surface area contributed by atoms with Crippen LogP contribution in [0.4, 0.5) is 0 Å². The van der Waals surface area contributed by atoms with Crippen LogP contribution in [0.3, 0.4) is 0 Å². The largest absolute Gasteiger partial charge is 0.462 e. The Labute approximate surface area is 393 Å². The standard InChI is InChI=1S/C57H110O6/c1-6-8-9-10-11-12-13-14-20-23-26-32-37-42-47-55(58)61-50-54(51-62-56(59)48-43-38-33-29-28-31-36-41-46-53(5)7-2)63-57(60)49-44-39-34-27-24-21-18-16-15-17-19-22-25-30-35-40-45-52(3)4/h52-54H,6-51H2,1-5H3/t53?,54-/m1/s1. The van der Waals surface area contributed by atoms with Gasteiger partial charge in [-0.2, -0.15) is 0 Å². The lowest BCUT2D eigenvalue weighted by Crippen LogP contribution is -2.30. The third kappa shape index (κ3) is 49.7. The van der Waals surface area contributed by atoms with E-state index in [1.807, 2.05) is 0 Å². The van der Waals surface area contributed by atoms with Gasteiger partial charge in [-0.1, -0.05) is 279 Å². The van der Waals surface area contributed by atoms with Gasteiger partial charge in [0.25, 0.3) is 0 Å². The summed E-state index contributed by atoms with van der Waals surface area (Å²) in [5.41, 5.74) is 0. The topological polar surface area (TPSA) is 78.9 Å². The zero-order chi connectivity index (χ0) is 46.1. The molecule has 0 saturated carbocycles. The van der Waals surface area contributed by atoms with Crippen molar-refractivity contribution in [1.82, 2.24) is 0 Å². The molecule has 0 heterocycles. The number of ether oxygens (including phenoxy) is 3. The Balaban J connectivity index is 4.28. The van der Waals surface area contributed by atoms with E-state index in [9.17, 15) is 14.4 Å². The first kappa shape index (κ1) is 61.4. The van der Waals surface area contributed by atoms with Gasteiger partial charge in [0.15, 0.2) is 6.10 Å². The summed E-state index contributed by atoms with van der Waals surface area (Å²) in [4.78, 5) is 38.1. The van der Waals surface area contributed by atoms with Crippen molar-refractivity contribution in [3.63, 3.8) is 0 Å². The molecule has 0 saturated heterocycles. The molecule has 0 bridgehead atoms. The number of hydrogen-bond donors (Lipinski definition) is 0. The highest BCUT2D eigenvalue weighted by Gasteiger charge is 2.19. The average molecular weight is 892 g/mol. The molecule has 6 nitrogen and oxygen atoms in total. The number of carbonyl (C=O) groups is 3. The molecule has 6 heteroatoms. The molecule has 0 aliphatic carbocycles. The summed E-state index contributed by atoms with van der Waals surface area (Å²) >= 11 is 0. The van der Waals surface area contributed by atoms with Crippen molar-refractivity contribution in [2.24, 2.45) is 11.8 Å². The maximum Gasteiger partial charge on any atom is 0.306 e. The predicted molar refractivity (Wildman–Crippen MR) is 270 cm³/mol. The van der Waals surface area contributed by atoms with E-state index >= 15 is 0 Å². The van der Waals surface area contributed by atoms with Crippen LogP contribution in [0.2, 0.25) is 0 Å². The van der Waals surface area contributed by atoms with E-state index in [-0.39, 0.29) is 31.1 Å². The zero-order valence-corrected chi connectivity index (χ0v) is 43.2. The number of rotatable bonds is 51. The molecule has 0 aromatic heterocycles. The fraction of sp³-hybridized carbons (Fsp3) is 0.947. The van der Waals surface area contributed by atoms with Crippen molar-refractivity contribution in [1.29, 1.82) is 0 Å². The van der Waals surface area contributed by atoms with E-state index in [2.05, 4.69) is 34.6 Å². The quantitative estimate of drug-likeness (QED) is 0.0344. The number of esters is 3. The van der Waals surface area contributed by atoms with Gasteiger partial charge in [-0.3, -0.25) is 14.4 Å². The second-order valence-electron chi connectivity index (χ2n) is 20.3. The minimum absolute atomic E-state index is 0.0631. The van der Waals surface area contributed by atoms with Crippen LogP contribution in [0.5, 0.6) is 0 Å². The van der Waals surface area contributed by atoms with Gasteiger partial charge < -0.3 is 14.2 Å². The minimum Gasteiger partial charge on any atom is -0.462 e. The summed E-state index contributed by atoms with van der Waals surface area (Å²) in [5.74, 6) is 0.857. The summed E-state index contributed by atoms with van der Waals surface area (Å²) in [6.07, 6.45) is 52.3. The highest BCUT2D eigenvalue weighted by atomic mass is 16.6. The van der Waals surface area contributed by atoms with Gasteiger partial charge in [-0.05, 0) is 31.1 Å². The lowest BCUT2D eigenvalue weighted by Gasteiger charge is -2.18. The van der Waals surface area contributed by atoms with Gasteiger partial charge in [0, 0.05) is 19.3 Å². The highest BCUT2D eigenvalue weighted by Crippen LogP contribution is 2.18. The predicted octanol–water partition coefficient (Wildman–Crippen LogP) is 18.5. The molecule has 2 atom stereocenters. The Morgan fingerprint density at radius 1 is 0.333 bits per heavy atom. The first-order valence-electron chi connectivity index (χ1n) is 28.3. The first-order chi connectivity index (χ1) is 30.8. The van der Waals surface area contributed by atoms with E-state index in [1.165, 1.54) is 205 Å². The van der Waals surface area contributed by atoms with Gasteiger partial charge in [0.2, 0.25) is 0 Å². The number of hydrogen-bond acceptors (Lipinski definition) is 6. The van der Waals surface area contributed by atoms with Crippen molar-refractivity contribution in [2.45, 2.75) is 323 Å². The molecule has 0 amide bonds. The van der Waals surface area contributed by atoms with Crippen LogP contribution in [0.25, 0.3) is 0 Å². The van der Waals surface area contributed by atoms with Crippen molar-refractivity contribution in [2.75, 3.05) is 13.2 Å². The summed E-state index contributed by atoms with van der Waals surface area (Å²) in [6.45, 7) is 11.4. The molecular weight excluding hydrogens is 781 g/mol. The van der Waals surface area contributed by atoms with Crippen LogP contribution in [0.1, 0.15) is 317 Å². The monoisotopic (exact) mass is 891 g/mol. The van der Waals surface area contributed by atoms with Crippen LogP contribution in [0.15, 0.2) is 0 Å². The van der Waals surface area contributed by atoms with E-state index in [1.54, 1.807) is 0 Å². The van der Waals surface area contributed by atoms with Gasteiger partial charge in [0.1, 0.15) is 13.2 Å². The van der Waals surface area contributed by atoms with E-state index in [0.29, 0.717) is 19.3 Å². The maximum absolute atomic E-state index is 12.8. The summed E-state index contributed by atoms with van der Waals surface area (Å²) in [7, 11) is 0. The Morgan fingerprint density at radius 3 is 0.905 bits per heavy atom. The van der Waals surface area contributed by atoms with E-state index in [4.69, 9.17) is 14.2 Å². The van der Waals surface area contributed by atoms with E-state index in [0.717, 1.165) is 69.6 Å². The third-order valence-electron chi connectivity index (χ3n) is 13.3.